The van der Waals surface area contributed by atoms with Gasteiger partial charge in [0.15, 0.2) is 0 Å². The normalized spacial score (nSPS) is 11.7. The van der Waals surface area contributed by atoms with Gasteiger partial charge in [-0.05, 0) is 30.8 Å². The van der Waals surface area contributed by atoms with Crippen molar-refractivity contribution in [2.75, 3.05) is 7.05 Å². The summed E-state index contributed by atoms with van der Waals surface area (Å²) >= 11 is 0. The number of fused-ring (bicyclic) bond motifs is 1. The molecule has 0 aliphatic rings. The molecule has 0 radical (unpaired) electrons. The average Bonchev–Trinajstić information content (AvgIpc) is 2.64. The number of halogens is 3. The zero-order valence-corrected chi connectivity index (χ0v) is 15.1. The van der Waals surface area contributed by atoms with Gasteiger partial charge in [-0.25, -0.2) is 4.98 Å². The van der Waals surface area contributed by atoms with Crippen molar-refractivity contribution in [1.82, 2.24) is 14.5 Å². The number of aromatic nitrogens is 2. The summed E-state index contributed by atoms with van der Waals surface area (Å²) in [6.45, 7) is -0.0438. The van der Waals surface area contributed by atoms with Gasteiger partial charge in [-0.2, -0.15) is 18.4 Å². The lowest BCUT2D eigenvalue weighted by atomic mass is 10.1. The first-order valence-electron chi connectivity index (χ1n) is 8.50. The Hall–Kier alpha value is -3.18. The van der Waals surface area contributed by atoms with E-state index in [4.69, 9.17) is 5.26 Å². The minimum absolute atomic E-state index is 0.0188. The molecule has 8 heteroatoms. The first kappa shape index (κ1) is 19.6. The number of hydrogen-bond donors (Lipinski definition) is 0. The number of nitriles is 1. The molecule has 0 bridgehead atoms. The molecule has 1 heterocycles. The number of nitrogens with zero attached hydrogens (tertiary/aromatic N) is 4. The third-order valence-electron chi connectivity index (χ3n) is 4.34. The Morgan fingerprint density at radius 1 is 1.11 bits per heavy atom. The molecule has 1 aromatic heterocycles. The first-order valence-corrected chi connectivity index (χ1v) is 8.50. The zero-order valence-electron chi connectivity index (χ0n) is 15.1. The molecule has 2 aromatic carbocycles. The highest BCUT2D eigenvalue weighted by atomic mass is 19.4. The van der Waals surface area contributed by atoms with E-state index in [1.54, 1.807) is 42.3 Å². The SMILES string of the molecule is CN(Cc1ccccc1C(F)(F)F)Cc1nc2ccccc2c(=O)n1CC#N. The molecule has 0 atom stereocenters. The highest BCUT2D eigenvalue weighted by Gasteiger charge is 2.33. The molecular weight excluding hydrogens is 369 g/mol. The Morgan fingerprint density at radius 2 is 1.79 bits per heavy atom. The predicted octanol–water partition coefficient (Wildman–Crippen LogP) is 3.57. The van der Waals surface area contributed by atoms with Crippen LogP contribution in [-0.2, 0) is 25.8 Å². The molecule has 3 aromatic rings. The minimum atomic E-state index is -4.44. The smallest absolute Gasteiger partial charge is 0.295 e. The van der Waals surface area contributed by atoms with Crippen LogP contribution in [0.3, 0.4) is 0 Å². The van der Waals surface area contributed by atoms with Crippen molar-refractivity contribution in [2.45, 2.75) is 25.8 Å². The van der Waals surface area contributed by atoms with Crippen LogP contribution in [0.15, 0.2) is 53.3 Å². The van der Waals surface area contributed by atoms with E-state index in [2.05, 4.69) is 4.98 Å². The van der Waals surface area contributed by atoms with Gasteiger partial charge in [0.1, 0.15) is 12.4 Å². The van der Waals surface area contributed by atoms with Crippen LogP contribution in [0, 0.1) is 11.3 Å². The van der Waals surface area contributed by atoms with Crippen molar-refractivity contribution in [3.05, 3.63) is 75.8 Å². The van der Waals surface area contributed by atoms with E-state index in [9.17, 15) is 18.0 Å². The van der Waals surface area contributed by atoms with Gasteiger partial charge in [-0.15, -0.1) is 0 Å². The molecule has 0 saturated carbocycles. The van der Waals surface area contributed by atoms with Crippen molar-refractivity contribution >= 4 is 10.9 Å². The highest BCUT2D eigenvalue weighted by Crippen LogP contribution is 2.32. The molecule has 0 aliphatic carbocycles. The van der Waals surface area contributed by atoms with Crippen LogP contribution < -0.4 is 5.56 Å². The lowest BCUT2D eigenvalue weighted by Crippen LogP contribution is -2.29. The van der Waals surface area contributed by atoms with E-state index in [1.807, 2.05) is 6.07 Å². The molecule has 5 nitrogen and oxygen atoms in total. The monoisotopic (exact) mass is 386 g/mol. The van der Waals surface area contributed by atoms with Crippen molar-refractivity contribution < 1.29 is 13.2 Å². The van der Waals surface area contributed by atoms with Crippen molar-refractivity contribution in [1.29, 1.82) is 5.26 Å². The molecule has 3 rings (SSSR count). The van der Waals surface area contributed by atoms with Crippen molar-refractivity contribution in [2.24, 2.45) is 0 Å². The molecule has 0 amide bonds. The van der Waals surface area contributed by atoms with Crippen LogP contribution in [-0.4, -0.2) is 21.5 Å². The van der Waals surface area contributed by atoms with Crippen LogP contribution in [0.2, 0.25) is 0 Å². The van der Waals surface area contributed by atoms with Crippen LogP contribution in [0.5, 0.6) is 0 Å². The lowest BCUT2D eigenvalue weighted by molar-refractivity contribution is -0.138. The molecule has 0 fully saturated rings. The molecule has 0 spiro atoms. The summed E-state index contributed by atoms with van der Waals surface area (Å²) in [5, 5.41) is 9.45. The summed E-state index contributed by atoms with van der Waals surface area (Å²) in [4.78, 5) is 18.8. The van der Waals surface area contributed by atoms with Gasteiger partial charge in [-0.1, -0.05) is 30.3 Å². The number of rotatable bonds is 5. The maximum absolute atomic E-state index is 13.2. The van der Waals surface area contributed by atoms with Crippen molar-refractivity contribution in [3.63, 3.8) is 0 Å². The molecule has 0 unspecified atom stereocenters. The second kappa shape index (κ2) is 7.82. The summed E-state index contributed by atoms with van der Waals surface area (Å²) in [7, 11) is 1.64. The maximum Gasteiger partial charge on any atom is 0.416 e. The fourth-order valence-electron chi connectivity index (χ4n) is 3.09. The predicted molar refractivity (Wildman–Crippen MR) is 98.2 cm³/mol. The van der Waals surface area contributed by atoms with Gasteiger partial charge < -0.3 is 0 Å². The van der Waals surface area contributed by atoms with Crippen LogP contribution in [0.1, 0.15) is 17.0 Å². The number of alkyl halides is 3. The first-order chi connectivity index (χ1) is 13.3. The molecule has 144 valence electrons. The van der Waals surface area contributed by atoms with Crippen LogP contribution >= 0.6 is 0 Å². The summed E-state index contributed by atoms with van der Waals surface area (Å²) in [6.07, 6.45) is -4.44. The Balaban J connectivity index is 1.94. The summed E-state index contributed by atoms with van der Waals surface area (Å²) in [5.41, 5.74) is -0.415. The zero-order chi connectivity index (χ0) is 20.3. The van der Waals surface area contributed by atoms with E-state index < -0.39 is 11.7 Å². The summed E-state index contributed by atoms with van der Waals surface area (Å²) in [5.74, 6) is 0.331. The average molecular weight is 386 g/mol. The van der Waals surface area contributed by atoms with Gasteiger partial charge in [0.25, 0.3) is 5.56 Å². The second-order valence-corrected chi connectivity index (χ2v) is 6.42. The van der Waals surface area contributed by atoms with Gasteiger partial charge in [0.2, 0.25) is 0 Å². The molecule has 0 N–H and O–H groups in total. The third-order valence-corrected chi connectivity index (χ3v) is 4.34. The number of para-hydroxylation sites is 1. The van der Waals surface area contributed by atoms with Gasteiger partial charge in [0.05, 0.1) is 29.1 Å². The highest BCUT2D eigenvalue weighted by molar-refractivity contribution is 5.77. The quantitative estimate of drug-likeness (QED) is 0.673. The van der Waals surface area contributed by atoms with Gasteiger partial charge in [0, 0.05) is 6.54 Å². The Labute approximate surface area is 159 Å². The largest absolute Gasteiger partial charge is 0.416 e. The van der Waals surface area contributed by atoms with E-state index in [0.717, 1.165) is 6.07 Å². The standard InChI is InChI=1S/C20H17F3N4O/c1-26(12-14-6-2-4-8-16(14)20(21,22)23)13-18-25-17-9-5-3-7-15(17)19(28)27(18)11-10-24/h2-9H,11-13H2,1H3. The van der Waals surface area contributed by atoms with Crippen molar-refractivity contribution in [3.8, 4) is 6.07 Å². The van der Waals surface area contributed by atoms with E-state index in [1.165, 1.54) is 16.7 Å². The molecular formula is C20H17F3N4O. The summed E-state index contributed by atoms with van der Waals surface area (Å²) in [6, 6.07) is 14.1. The fraction of sp³-hybridized carbons (Fsp3) is 0.250. The van der Waals surface area contributed by atoms with E-state index >= 15 is 0 Å². The Bertz CT molecular complexity index is 1100. The van der Waals surface area contributed by atoms with E-state index in [0.29, 0.717) is 16.7 Å². The third kappa shape index (κ3) is 4.05. The number of benzene rings is 2. The minimum Gasteiger partial charge on any atom is -0.295 e. The van der Waals surface area contributed by atoms with Crippen LogP contribution in [0.25, 0.3) is 10.9 Å². The summed E-state index contributed by atoms with van der Waals surface area (Å²) < 4.78 is 40.9. The van der Waals surface area contributed by atoms with Crippen LogP contribution in [0.4, 0.5) is 13.2 Å². The second-order valence-electron chi connectivity index (χ2n) is 6.42. The lowest BCUT2D eigenvalue weighted by Gasteiger charge is -2.21. The Morgan fingerprint density at radius 3 is 2.50 bits per heavy atom. The molecule has 0 aliphatic heterocycles. The Kier molecular flexibility index (Phi) is 5.47. The maximum atomic E-state index is 13.2. The van der Waals surface area contributed by atoms with E-state index in [-0.39, 0.29) is 30.8 Å². The topological polar surface area (TPSA) is 61.9 Å². The van der Waals surface area contributed by atoms with Gasteiger partial charge >= 0.3 is 6.18 Å². The van der Waals surface area contributed by atoms with Gasteiger partial charge in [-0.3, -0.25) is 14.3 Å². The molecule has 28 heavy (non-hydrogen) atoms. The number of hydrogen-bond acceptors (Lipinski definition) is 4. The fourth-order valence-corrected chi connectivity index (χ4v) is 3.09. The molecule has 0 saturated heterocycles.